The summed E-state index contributed by atoms with van der Waals surface area (Å²) in [6.45, 7) is 6.25. The number of nitrogens with zero attached hydrogens (tertiary/aromatic N) is 1. The Bertz CT molecular complexity index is 695. The molecule has 130 valence electrons. The van der Waals surface area contributed by atoms with Gasteiger partial charge < -0.3 is 14.7 Å². The maximum absolute atomic E-state index is 10.6. The largest absolute Gasteiger partial charge is 0.508 e. The quantitative estimate of drug-likeness (QED) is 0.515. The monoisotopic (exact) mass is 333 g/mol. The molecule has 0 bridgehead atoms. The fraction of sp³-hybridized carbons (Fsp3) is 0.556. The highest BCUT2D eigenvalue weighted by molar-refractivity contribution is 5.52. The van der Waals surface area contributed by atoms with Crippen molar-refractivity contribution >= 4 is 0 Å². The first-order valence-corrected chi connectivity index (χ1v) is 8.25. The lowest BCUT2D eigenvalue weighted by Gasteiger charge is -2.47. The predicted molar refractivity (Wildman–Crippen MR) is 88.7 cm³/mol. The third kappa shape index (κ3) is 3.05. The van der Waals surface area contributed by atoms with E-state index in [1.165, 1.54) is 5.57 Å². The van der Waals surface area contributed by atoms with Gasteiger partial charge in [-0.25, -0.2) is 0 Å². The molecule has 0 saturated carbocycles. The van der Waals surface area contributed by atoms with Gasteiger partial charge in [0.15, 0.2) is 0 Å². The molecule has 1 N–H and O–H groups in total. The third-order valence-electron chi connectivity index (χ3n) is 5.15. The van der Waals surface area contributed by atoms with Crippen LogP contribution in [0.4, 0.5) is 0 Å². The minimum absolute atomic E-state index is 0.0392. The highest BCUT2D eigenvalue weighted by Crippen LogP contribution is 2.54. The van der Waals surface area contributed by atoms with Crippen molar-refractivity contribution in [2.24, 2.45) is 5.92 Å². The van der Waals surface area contributed by atoms with Crippen LogP contribution in [0.25, 0.3) is 0 Å². The number of ether oxygens (including phenoxy) is 1. The van der Waals surface area contributed by atoms with Gasteiger partial charge in [0, 0.05) is 17.4 Å². The highest BCUT2D eigenvalue weighted by Gasteiger charge is 2.45. The molecule has 0 radical (unpaired) electrons. The maximum Gasteiger partial charge on any atom is 0.294 e. The van der Waals surface area contributed by atoms with Crippen molar-refractivity contribution in [3.8, 4) is 11.5 Å². The summed E-state index contributed by atoms with van der Waals surface area (Å²) < 4.78 is 6.21. The van der Waals surface area contributed by atoms with Crippen LogP contribution in [0.1, 0.15) is 50.7 Å². The molecule has 6 nitrogen and oxygen atoms in total. The molecule has 2 atom stereocenters. The number of benzene rings is 1. The van der Waals surface area contributed by atoms with Crippen molar-refractivity contribution in [3.05, 3.63) is 45.0 Å². The predicted octanol–water partition coefficient (Wildman–Crippen LogP) is 3.75. The Hall–Kier alpha value is -2.24. The van der Waals surface area contributed by atoms with E-state index in [9.17, 15) is 15.2 Å². The minimum Gasteiger partial charge on any atom is -0.508 e. The SMILES string of the molecule is CC1=CC[C@@H]2[C@@H](C1)c1c(O)cc(CCO[N+](=O)[O-])cc1OC2(C)C. The van der Waals surface area contributed by atoms with E-state index in [0.717, 1.165) is 24.0 Å². The molecular formula is C18H23NO5. The molecule has 3 rings (SSSR count). The molecule has 1 heterocycles. The second kappa shape index (κ2) is 6.00. The minimum atomic E-state index is -0.806. The number of hydrogen-bond acceptors (Lipinski definition) is 5. The van der Waals surface area contributed by atoms with Crippen LogP contribution in [-0.4, -0.2) is 22.4 Å². The van der Waals surface area contributed by atoms with Crippen LogP contribution in [0, 0.1) is 16.0 Å². The van der Waals surface area contributed by atoms with Gasteiger partial charge in [0.25, 0.3) is 5.09 Å². The van der Waals surface area contributed by atoms with Crippen LogP contribution >= 0.6 is 0 Å². The van der Waals surface area contributed by atoms with Crippen molar-refractivity contribution in [2.75, 3.05) is 6.61 Å². The first-order valence-electron chi connectivity index (χ1n) is 8.25. The van der Waals surface area contributed by atoms with Crippen molar-refractivity contribution in [1.29, 1.82) is 0 Å². The van der Waals surface area contributed by atoms with Crippen LogP contribution in [0.15, 0.2) is 23.8 Å². The zero-order valence-corrected chi connectivity index (χ0v) is 14.2. The molecule has 24 heavy (non-hydrogen) atoms. The third-order valence-corrected chi connectivity index (χ3v) is 5.15. The van der Waals surface area contributed by atoms with Gasteiger partial charge in [0.05, 0.1) is 0 Å². The van der Waals surface area contributed by atoms with Gasteiger partial charge in [-0.3, -0.25) is 0 Å². The second-order valence-corrected chi connectivity index (χ2v) is 7.24. The normalized spacial score (nSPS) is 24.2. The molecule has 1 aromatic carbocycles. The number of phenols is 1. The van der Waals surface area contributed by atoms with E-state index in [4.69, 9.17) is 4.74 Å². The zero-order valence-electron chi connectivity index (χ0n) is 14.2. The lowest BCUT2D eigenvalue weighted by molar-refractivity contribution is -0.757. The van der Waals surface area contributed by atoms with Crippen LogP contribution in [0.3, 0.4) is 0 Å². The van der Waals surface area contributed by atoms with Crippen LogP contribution in [0.2, 0.25) is 0 Å². The van der Waals surface area contributed by atoms with E-state index >= 15 is 0 Å². The van der Waals surface area contributed by atoms with E-state index in [-0.39, 0.29) is 23.9 Å². The van der Waals surface area contributed by atoms with Gasteiger partial charge in [0.2, 0.25) is 0 Å². The van der Waals surface area contributed by atoms with E-state index in [1.54, 1.807) is 6.07 Å². The van der Waals surface area contributed by atoms with Crippen molar-refractivity contribution in [3.63, 3.8) is 0 Å². The molecule has 0 unspecified atom stereocenters. The van der Waals surface area contributed by atoms with E-state index in [1.807, 2.05) is 6.07 Å². The lowest BCUT2D eigenvalue weighted by atomic mass is 9.67. The first kappa shape index (κ1) is 16.6. The summed E-state index contributed by atoms with van der Waals surface area (Å²) in [6, 6.07) is 3.55. The average molecular weight is 333 g/mol. The van der Waals surface area contributed by atoms with Gasteiger partial charge in [0.1, 0.15) is 23.7 Å². The van der Waals surface area contributed by atoms with E-state index in [0.29, 0.717) is 18.1 Å². The molecule has 1 aliphatic carbocycles. The second-order valence-electron chi connectivity index (χ2n) is 7.24. The van der Waals surface area contributed by atoms with Crippen molar-refractivity contribution < 1.29 is 19.8 Å². The topological polar surface area (TPSA) is 81.8 Å². The molecule has 1 aromatic rings. The Balaban J connectivity index is 1.93. The Kier molecular flexibility index (Phi) is 4.15. The molecule has 0 saturated heterocycles. The van der Waals surface area contributed by atoms with Gasteiger partial charge in [-0.05, 0) is 57.7 Å². The average Bonchev–Trinajstić information content (AvgIpc) is 2.45. The van der Waals surface area contributed by atoms with Crippen LogP contribution in [0.5, 0.6) is 11.5 Å². The number of fused-ring (bicyclic) bond motifs is 3. The molecule has 1 aliphatic heterocycles. The Morgan fingerprint density at radius 3 is 2.92 bits per heavy atom. The van der Waals surface area contributed by atoms with Crippen LogP contribution in [-0.2, 0) is 11.3 Å². The number of allylic oxidation sites excluding steroid dienone is 2. The van der Waals surface area contributed by atoms with E-state index in [2.05, 4.69) is 31.7 Å². The fourth-order valence-electron chi connectivity index (χ4n) is 4.00. The van der Waals surface area contributed by atoms with Gasteiger partial charge >= 0.3 is 0 Å². The lowest BCUT2D eigenvalue weighted by Crippen LogP contribution is -2.45. The zero-order chi connectivity index (χ0) is 17.5. The van der Waals surface area contributed by atoms with Gasteiger partial charge in [-0.2, -0.15) is 0 Å². The summed E-state index contributed by atoms with van der Waals surface area (Å²) in [7, 11) is 0. The summed E-state index contributed by atoms with van der Waals surface area (Å²) >= 11 is 0. The molecule has 6 heteroatoms. The summed E-state index contributed by atoms with van der Waals surface area (Å²) in [5.41, 5.74) is 2.65. The highest BCUT2D eigenvalue weighted by atomic mass is 16.9. The summed E-state index contributed by atoms with van der Waals surface area (Å²) in [6.07, 6.45) is 4.47. The Morgan fingerprint density at radius 2 is 2.21 bits per heavy atom. The van der Waals surface area contributed by atoms with Crippen LogP contribution < -0.4 is 4.74 Å². The van der Waals surface area contributed by atoms with Gasteiger partial charge in [-0.15, -0.1) is 10.1 Å². The number of hydrogen-bond donors (Lipinski definition) is 1. The van der Waals surface area contributed by atoms with Crippen molar-refractivity contribution in [2.45, 2.75) is 51.6 Å². The number of phenolic OH excluding ortho intramolecular Hbond substituents is 1. The molecule has 0 spiro atoms. The standard InChI is InChI=1S/C18H23NO5/c1-11-4-5-14-13(8-11)17-15(20)9-12(6-7-23-19(21)22)10-16(17)24-18(14,2)3/h4,9-10,13-14,20H,5-8H2,1-3H3/t13-,14-/m1/s1. The van der Waals surface area contributed by atoms with Crippen molar-refractivity contribution in [1.82, 2.24) is 0 Å². The molecular weight excluding hydrogens is 310 g/mol. The Labute approximate surface area is 141 Å². The summed E-state index contributed by atoms with van der Waals surface area (Å²) in [4.78, 5) is 14.6. The molecule has 0 aromatic heterocycles. The molecule has 0 amide bonds. The smallest absolute Gasteiger partial charge is 0.294 e. The van der Waals surface area contributed by atoms with E-state index < -0.39 is 5.09 Å². The summed E-state index contributed by atoms with van der Waals surface area (Å²) in [5, 5.41) is 20.0. The Morgan fingerprint density at radius 1 is 1.46 bits per heavy atom. The maximum atomic E-state index is 10.6. The number of aromatic hydroxyl groups is 1. The fourth-order valence-corrected chi connectivity index (χ4v) is 4.00. The summed E-state index contributed by atoms with van der Waals surface area (Å²) in [5.74, 6) is 1.46. The number of rotatable bonds is 4. The van der Waals surface area contributed by atoms with Gasteiger partial charge in [-0.1, -0.05) is 11.6 Å². The molecule has 0 fully saturated rings. The first-order chi connectivity index (χ1) is 11.3. The molecule has 2 aliphatic rings.